The molecular formula is C19H18N2O3. The molecule has 0 saturated heterocycles. The van der Waals surface area contributed by atoms with Crippen LogP contribution in [0.1, 0.15) is 34.6 Å². The van der Waals surface area contributed by atoms with Gasteiger partial charge in [0, 0.05) is 17.5 Å². The molecule has 2 heterocycles. The number of esters is 1. The Kier molecular flexibility index (Phi) is 4.70. The number of carbonyl (C=O) groups is 1. The van der Waals surface area contributed by atoms with Gasteiger partial charge in [0.1, 0.15) is 6.26 Å². The fourth-order valence-electron chi connectivity index (χ4n) is 2.43. The predicted octanol–water partition coefficient (Wildman–Crippen LogP) is 3.81. The van der Waals surface area contributed by atoms with Gasteiger partial charge >= 0.3 is 5.97 Å². The molecule has 2 aromatic heterocycles. The highest BCUT2D eigenvalue weighted by Crippen LogP contribution is 2.22. The summed E-state index contributed by atoms with van der Waals surface area (Å²) in [6.45, 7) is 4.13. The Morgan fingerprint density at radius 3 is 2.75 bits per heavy atom. The average Bonchev–Trinajstić information content (AvgIpc) is 3.05. The Balaban J connectivity index is 1.73. The first-order valence-electron chi connectivity index (χ1n) is 7.80. The van der Waals surface area contributed by atoms with Gasteiger partial charge in [0.2, 0.25) is 5.89 Å². The summed E-state index contributed by atoms with van der Waals surface area (Å²) < 4.78 is 10.2. The molecule has 5 heteroatoms. The van der Waals surface area contributed by atoms with Crippen molar-refractivity contribution >= 4 is 5.97 Å². The highest BCUT2D eigenvalue weighted by atomic mass is 16.5. The molecule has 0 radical (unpaired) electrons. The van der Waals surface area contributed by atoms with Crippen molar-refractivity contribution in [3.05, 3.63) is 71.7 Å². The second-order valence-electron chi connectivity index (χ2n) is 5.38. The third-order valence-corrected chi connectivity index (χ3v) is 3.65. The van der Waals surface area contributed by atoms with Crippen LogP contribution in [-0.2, 0) is 11.2 Å². The maximum Gasteiger partial charge on any atom is 0.360 e. The number of ether oxygens (including phenoxy) is 1. The van der Waals surface area contributed by atoms with Crippen molar-refractivity contribution in [1.82, 2.24) is 9.97 Å². The third-order valence-electron chi connectivity index (χ3n) is 3.65. The van der Waals surface area contributed by atoms with E-state index in [0.29, 0.717) is 18.9 Å². The number of oxazole rings is 1. The number of aromatic nitrogens is 2. The summed E-state index contributed by atoms with van der Waals surface area (Å²) in [5.41, 5.74) is 4.44. The van der Waals surface area contributed by atoms with Crippen molar-refractivity contribution in [3.63, 3.8) is 0 Å². The first-order valence-corrected chi connectivity index (χ1v) is 7.80. The number of hydrogen-bond donors (Lipinski definition) is 0. The van der Waals surface area contributed by atoms with Gasteiger partial charge in [-0.2, -0.15) is 0 Å². The zero-order chi connectivity index (χ0) is 16.9. The predicted molar refractivity (Wildman–Crippen MR) is 89.7 cm³/mol. The van der Waals surface area contributed by atoms with Crippen LogP contribution >= 0.6 is 0 Å². The Hall–Kier alpha value is -2.95. The Labute approximate surface area is 140 Å². The lowest BCUT2D eigenvalue weighted by molar-refractivity contribution is 0.0519. The maximum absolute atomic E-state index is 11.6. The van der Waals surface area contributed by atoms with Gasteiger partial charge in [-0.25, -0.2) is 9.78 Å². The van der Waals surface area contributed by atoms with Crippen molar-refractivity contribution in [3.8, 4) is 11.1 Å². The van der Waals surface area contributed by atoms with Crippen molar-refractivity contribution < 1.29 is 13.9 Å². The van der Waals surface area contributed by atoms with Gasteiger partial charge in [0.25, 0.3) is 0 Å². The van der Waals surface area contributed by atoms with Crippen LogP contribution in [-0.4, -0.2) is 22.5 Å². The summed E-state index contributed by atoms with van der Waals surface area (Å²) in [5.74, 6) is -0.0374. The molecule has 122 valence electrons. The van der Waals surface area contributed by atoms with Gasteiger partial charge in [-0.05, 0) is 31.0 Å². The first kappa shape index (κ1) is 15.9. The van der Waals surface area contributed by atoms with E-state index in [-0.39, 0.29) is 5.69 Å². The van der Waals surface area contributed by atoms with Crippen LogP contribution in [0.3, 0.4) is 0 Å². The molecule has 3 aromatic rings. The zero-order valence-corrected chi connectivity index (χ0v) is 13.7. The lowest BCUT2D eigenvalue weighted by Crippen LogP contribution is -2.05. The number of hydrogen-bond acceptors (Lipinski definition) is 5. The van der Waals surface area contributed by atoms with Crippen molar-refractivity contribution in [2.45, 2.75) is 20.3 Å². The van der Waals surface area contributed by atoms with Gasteiger partial charge in [-0.15, -0.1) is 0 Å². The first-order chi connectivity index (χ1) is 11.7. The van der Waals surface area contributed by atoms with Crippen LogP contribution in [0.4, 0.5) is 0 Å². The van der Waals surface area contributed by atoms with E-state index >= 15 is 0 Å². The standard InChI is InChI=1S/C19H18N2O3/c1-3-23-19(22)17-12-24-18(21-17)10-15-9-8-14(11-20-15)16-7-5-4-6-13(16)2/h4-9,11-12H,3,10H2,1-2H3. The molecule has 0 aliphatic carbocycles. The molecule has 24 heavy (non-hydrogen) atoms. The minimum absolute atomic E-state index is 0.184. The molecule has 0 N–H and O–H groups in total. The van der Waals surface area contributed by atoms with Crippen LogP contribution in [0.25, 0.3) is 11.1 Å². The molecule has 0 bridgehead atoms. The maximum atomic E-state index is 11.6. The molecule has 1 aromatic carbocycles. The molecule has 0 amide bonds. The topological polar surface area (TPSA) is 65.2 Å². The lowest BCUT2D eigenvalue weighted by atomic mass is 10.0. The van der Waals surface area contributed by atoms with Gasteiger partial charge in [0.05, 0.1) is 13.0 Å². The van der Waals surface area contributed by atoms with E-state index in [1.54, 1.807) is 6.92 Å². The molecule has 0 fully saturated rings. The molecule has 0 unspecified atom stereocenters. The summed E-state index contributed by atoms with van der Waals surface area (Å²) in [5, 5.41) is 0. The molecule has 0 aliphatic rings. The molecule has 5 nitrogen and oxygen atoms in total. The molecule has 0 spiro atoms. The van der Waals surface area contributed by atoms with Gasteiger partial charge < -0.3 is 9.15 Å². The number of benzene rings is 1. The van der Waals surface area contributed by atoms with E-state index < -0.39 is 5.97 Å². The lowest BCUT2D eigenvalue weighted by Gasteiger charge is -2.05. The average molecular weight is 322 g/mol. The van der Waals surface area contributed by atoms with E-state index in [1.807, 2.05) is 30.5 Å². The SMILES string of the molecule is CCOC(=O)c1coc(Cc2ccc(-c3ccccc3C)cn2)n1. The summed E-state index contributed by atoms with van der Waals surface area (Å²) in [6, 6.07) is 12.2. The van der Waals surface area contributed by atoms with Gasteiger partial charge in [0.15, 0.2) is 5.69 Å². The summed E-state index contributed by atoms with van der Waals surface area (Å²) in [6.07, 6.45) is 3.58. The third kappa shape index (κ3) is 3.51. The molecule has 0 saturated carbocycles. The van der Waals surface area contributed by atoms with E-state index in [1.165, 1.54) is 11.8 Å². The van der Waals surface area contributed by atoms with E-state index in [4.69, 9.17) is 9.15 Å². The summed E-state index contributed by atoms with van der Waals surface area (Å²) in [7, 11) is 0. The zero-order valence-electron chi connectivity index (χ0n) is 13.7. The van der Waals surface area contributed by atoms with Crippen LogP contribution in [0.5, 0.6) is 0 Å². The van der Waals surface area contributed by atoms with E-state index in [2.05, 4.69) is 29.0 Å². The fourth-order valence-corrected chi connectivity index (χ4v) is 2.43. The number of aryl methyl sites for hydroxylation is 1. The normalized spacial score (nSPS) is 10.6. The number of pyridine rings is 1. The second kappa shape index (κ2) is 7.08. The number of carbonyl (C=O) groups excluding carboxylic acids is 1. The minimum Gasteiger partial charge on any atom is -0.461 e. The largest absolute Gasteiger partial charge is 0.461 e. The van der Waals surface area contributed by atoms with Crippen molar-refractivity contribution in [2.24, 2.45) is 0 Å². The Morgan fingerprint density at radius 2 is 2.04 bits per heavy atom. The number of nitrogens with zero attached hydrogens (tertiary/aromatic N) is 2. The quantitative estimate of drug-likeness (QED) is 0.668. The summed E-state index contributed by atoms with van der Waals surface area (Å²) >= 11 is 0. The van der Waals surface area contributed by atoms with Crippen LogP contribution in [0.15, 0.2) is 53.3 Å². The van der Waals surface area contributed by atoms with Crippen LogP contribution in [0.2, 0.25) is 0 Å². The van der Waals surface area contributed by atoms with E-state index in [0.717, 1.165) is 16.8 Å². The Morgan fingerprint density at radius 1 is 1.21 bits per heavy atom. The van der Waals surface area contributed by atoms with Crippen molar-refractivity contribution in [2.75, 3.05) is 6.61 Å². The van der Waals surface area contributed by atoms with Crippen LogP contribution < -0.4 is 0 Å². The molecular weight excluding hydrogens is 304 g/mol. The number of rotatable bonds is 5. The Bertz CT molecular complexity index is 838. The molecule has 0 aliphatic heterocycles. The highest BCUT2D eigenvalue weighted by molar-refractivity contribution is 5.86. The smallest absolute Gasteiger partial charge is 0.360 e. The summed E-state index contributed by atoms with van der Waals surface area (Å²) in [4.78, 5) is 20.2. The molecule has 3 rings (SSSR count). The van der Waals surface area contributed by atoms with Gasteiger partial charge in [-0.3, -0.25) is 4.98 Å². The minimum atomic E-state index is -0.477. The second-order valence-corrected chi connectivity index (χ2v) is 5.38. The van der Waals surface area contributed by atoms with Gasteiger partial charge in [-0.1, -0.05) is 30.3 Å². The highest BCUT2D eigenvalue weighted by Gasteiger charge is 2.13. The monoisotopic (exact) mass is 322 g/mol. The fraction of sp³-hybridized carbons (Fsp3) is 0.211. The van der Waals surface area contributed by atoms with E-state index in [9.17, 15) is 4.79 Å². The van der Waals surface area contributed by atoms with Crippen molar-refractivity contribution in [1.29, 1.82) is 0 Å². The molecule has 0 atom stereocenters. The van der Waals surface area contributed by atoms with Crippen LogP contribution in [0, 0.1) is 6.92 Å².